The van der Waals surface area contributed by atoms with E-state index in [1.54, 1.807) is 48.4 Å². The molecule has 6 heterocycles. The summed E-state index contributed by atoms with van der Waals surface area (Å²) in [5.74, 6) is -1.23. The fraction of sp³-hybridized carbons (Fsp3) is 0.845. The number of ether oxygens (including phenoxy) is 18. The van der Waals surface area contributed by atoms with Gasteiger partial charge in [0.2, 0.25) is 0 Å². The molecule has 0 unspecified atom stereocenters. The molecule has 3 saturated carbocycles. The van der Waals surface area contributed by atoms with Crippen LogP contribution in [0, 0.1) is 16.7 Å². The quantitative estimate of drug-likeness (QED) is 0.0468. The van der Waals surface area contributed by atoms with Crippen LogP contribution in [0.5, 0.6) is 0 Å². The zero-order valence-corrected chi connectivity index (χ0v) is 58.9. The molecular weight excluding hydrogens is 1280 g/mol. The summed E-state index contributed by atoms with van der Waals surface area (Å²) in [6.45, 7) is 14.0. The molecule has 98 heavy (non-hydrogen) atoms. The van der Waals surface area contributed by atoms with Gasteiger partial charge < -0.3 is 126 Å². The van der Waals surface area contributed by atoms with Gasteiger partial charge in [0, 0.05) is 79.6 Å². The summed E-state index contributed by atoms with van der Waals surface area (Å²) in [4.78, 5) is 13.7. The predicted molar refractivity (Wildman–Crippen MR) is 344 cm³/mol. The van der Waals surface area contributed by atoms with E-state index in [0.717, 1.165) is 11.1 Å². The van der Waals surface area contributed by atoms with E-state index in [1.165, 1.54) is 20.1 Å². The number of hydrogen-bond acceptors (Lipinski definition) is 27. The van der Waals surface area contributed by atoms with Crippen LogP contribution in [0.2, 0.25) is 0 Å². The average molecular weight is 1400 g/mol. The van der Waals surface area contributed by atoms with Gasteiger partial charge in [0.15, 0.2) is 37.7 Å². The van der Waals surface area contributed by atoms with Gasteiger partial charge in [-0.2, -0.15) is 0 Å². The Labute approximate surface area is 574 Å². The molecule has 0 bridgehead atoms. The number of hydrogen-bond donors (Lipinski definition) is 8. The number of carbonyl (C=O) groups is 1. The third-order valence-electron chi connectivity index (χ3n) is 24.1. The van der Waals surface area contributed by atoms with Gasteiger partial charge in [0.05, 0.1) is 85.3 Å². The Kier molecular flexibility index (Phi) is 24.2. The maximum Gasteiger partial charge on any atom is 0.331 e. The maximum atomic E-state index is 13.7. The topological polar surface area (TPSA) is 345 Å². The first kappa shape index (κ1) is 76.3. The molecule has 34 atom stereocenters. The third-order valence-corrected chi connectivity index (χ3v) is 24.1. The predicted octanol–water partition coefficient (Wildman–Crippen LogP) is 3.39. The molecule has 4 aliphatic carbocycles. The summed E-state index contributed by atoms with van der Waals surface area (Å²) < 4.78 is 114. The van der Waals surface area contributed by atoms with E-state index in [9.17, 15) is 45.6 Å². The third kappa shape index (κ3) is 14.4. The zero-order valence-electron chi connectivity index (χ0n) is 58.9. The molecule has 556 valence electrons. The Morgan fingerprint density at radius 1 is 0.582 bits per heavy atom. The van der Waals surface area contributed by atoms with Crippen molar-refractivity contribution in [1.82, 2.24) is 0 Å². The number of carbonyl (C=O) groups excluding carboxylic acids is 1. The first-order valence-electron chi connectivity index (χ1n) is 35.2. The summed E-state index contributed by atoms with van der Waals surface area (Å²) in [6, 6.07) is 9.33. The largest absolute Gasteiger partial charge is 0.458 e. The molecule has 1 aromatic rings. The van der Waals surface area contributed by atoms with E-state index >= 15 is 0 Å². The summed E-state index contributed by atoms with van der Waals surface area (Å²) in [7, 11) is 7.99. The van der Waals surface area contributed by atoms with Crippen molar-refractivity contribution in [2.45, 2.75) is 321 Å². The second-order valence-electron chi connectivity index (χ2n) is 29.5. The van der Waals surface area contributed by atoms with E-state index in [4.69, 9.17) is 85.3 Å². The van der Waals surface area contributed by atoms with Gasteiger partial charge in [-0.1, -0.05) is 55.8 Å². The monoisotopic (exact) mass is 1390 g/mol. The lowest BCUT2D eigenvalue weighted by Gasteiger charge is -2.67. The van der Waals surface area contributed by atoms with Gasteiger partial charge >= 0.3 is 5.97 Å². The molecule has 8 N–H and O–H groups in total. The summed E-state index contributed by atoms with van der Waals surface area (Å²) >= 11 is 0. The van der Waals surface area contributed by atoms with Crippen LogP contribution < -0.4 is 0 Å². The van der Waals surface area contributed by atoms with E-state index in [2.05, 4.69) is 6.92 Å². The van der Waals surface area contributed by atoms with Crippen LogP contribution in [0.4, 0.5) is 0 Å². The number of aliphatic hydroxyl groups excluding tert-OH is 5. The first-order chi connectivity index (χ1) is 46.6. The normalized spacial score (nSPS) is 49.5. The molecule has 27 heteroatoms. The molecule has 11 rings (SSSR count). The van der Waals surface area contributed by atoms with Crippen LogP contribution in [0.3, 0.4) is 0 Å². The Balaban J connectivity index is 0.655. The van der Waals surface area contributed by atoms with Crippen molar-refractivity contribution in [3.05, 3.63) is 53.6 Å². The van der Waals surface area contributed by atoms with Gasteiger partial charge in [0.25, 0.3) is 0 Å². The molecule has 9 fully saturated rings. The van der Waals surface area contributed by atoms with E-state index < -0.39 is 212 Å². The smallest absolute Gasteiger partial charge is 0.331 e. The molecule has 10 aliphatic rings. The number of esters is 1. The van der Waals surface area contributed by atoms with Crippen LogP contribution in [0.25, 0.3) is 6.08 Å². The molecule has 27 nitrogen and oxygen atoms in total. The minimum absolute atomic E-state index is 0.00131. The Bertz CT molecular complexity index is 2840. The summed E-state index contributed by atoms with van der Waals surface area (Å²) in [6.07, 6.45) is -13.1. The Morgan fingerprint density at radius 3 is 1.45 bits per heavy atom. The molecule has 1 aromatic carbocycles. The van der Waals surface area contributed by atoms with E-state index in [0.29, 0.717) is 44.9 Å². The van der Waals surface area contributed by atoms with Crippen LogP contribution in [-0.4, -0.2) is 278 Å². The minimum atomic E-state index is -1.93. The standard InChI is InChI=1S/C71H110O27/c1-35-61(44(81-9)28-53(86-35)91-43-22-23-67(7)42(27-43)21-24-70(79)50(67)33-51(93-52(74)20-19-41-17-15-14-16-18-41)68(8)69(78,40(6)73)25-26-71(68,70)80)94-54-29-45(82-10)62(36(2)87-54)95-55-30-46(83-11)63(37(3)88-55)96-56-31-47(84-12)64(38(4)89-56)97-57-32-48(85-13)65(39(5)90-57)98-66-60(77)59(76)58(75)49(34-72)92-66/h14-21,35-40,43-51,53-66,72-73,75-80H,22-34H2,1-13H3/t35-,36-,37-,38-,39-,40+,43+,44+,45+,46-,47+,48+,49-,50-,51-,53+,54+,55+,56+,57+,58-,59+,60-,61-,62-,63-,64-,65-,66+,67+,68-,69-,70+,71-/m1/s1. The fourth-order valence-corrected chi connectivity index (χ4v) is 18.3. The van der Waals surface area contributed by atoms with E-state index in [-0.39, 0.29) is 38.2 Å². The molecule has 0 aromatic heterocycles. The van der Waals surface area contributed by atoms with Crippen molar-refractivity contribution < 1.29 is 131 Å². The SMILES string of the molecule is CO[C@H]1C[C@H](O[C@H]2CC[C@@]3(C)C(=CC[C@]4(O)[C@@H]3C[C@@H](OC(=O)C=Cc3ccccc3)[C@@]3(C)[C@]4(O)CC[C@@]3(O)[C@H](C)O)C2)O[C@H](C)[C@H]1O[C@H]1C[C@H](OC)[C@H](O[C@H]2C[C@@H](OC)[C@H](O[C@H]3C[C@H](OC)[C@H](O[C@H]4C[C@H](OC)[C@H](O[C@@H]5O[C@H](CO)[C@@H](O)[C@H](O)[C@H]5O)[C@@H](C)O4)[C@@H](C)O3)[C@@H](C)O2)[C@@H](C)O1. The lowest BCUT2D eigenvalue weighted by atomic mass is 9.42. The number of aliphatic hydroxyl groups is 8. The van der Waals surface area contributed by atoms with Crippen molar-refractivity contribution in [2.24, 2.45) is 16.7 Å². The summed E-state index contributed by atoms with van der Waals surface area (Å²) in [5.41, 5.74) is -5.93. The zero-order chi connectivity index (χ0) is 70.6. The highest BCUT2D eigenvalue weighted by Crippen LogP contribution is 2.71. The Morgan fingerprint density at radius 2 is 1.02 bits per heavy atom. The van der Waals surface area contributed by atoms with Gasteiger partial charge in [-0.05, 0) is 104 Å². The Hall–Kier alpha value is -2.83. The average Bonchev–Trinajstić information content (AvgIpc) is 1.38. The molecule has 6 aliphatic heterocycles. The summed E-state index contributed by atoms with van der Waals surface area (Å²) in [5, 5.41) is 90.7. The molecule has 0 radical (unpaired) electrons. The van der Waals surface area contributed by atoms with Crippen molar-refractivity contribution in [2.75, 3.05) is 42.2 Å². The van der Waals surface area contributed by atoms with Crippen LogP contribution >= 0.6 is 0 Å². The first-order valence-corrected chi connectivity index (χ1v) is 35.2. The van der Waals surface area contributed by atoms with Crippen molar-refractivity contribution in [3.8, 4) is 0 Å². The highest BCUT2D eigenvalue weighted by Gasteiger charge is 2.81. The fourth-order valence-electron chi connectivity index (χ4n) is 18.3. The second-order valence-corrected chi connectivity index (χ2v) is 29.5. The van der Waals surface area contributed by atoms with E-state index in [1.807, 2.05) is 64.1 Å². The number of methoxy groups -OCH3 is 5. The van der Waals surface area contributed by atoms with Crippen LogP contribution in [-0.2, 0) is 90.1 Å². The lowest BCUT2D eigenvalue weighted by molar-refractivity contribution is -0.360. The molecule has 0 spiro atoms. The molecule has 6 saturated heterocycles. The highest BCUT2D eigenvalue weighted by molar-refractivity contribution is 5.87. The minimum Gasteiger partial charge on any atom is -0.458 e. The maximum absolute atomic E-state index is 13.7. The van der Waals surface area contributed by atoms with Gasteiger partial charge in [-0.25, -0.2) is 4.79 Å². The molecule has 0 amide bonds. The van der Waals surface area contributed by atoms with Gasteiger partial charge in [-0.15, -0.1) is 0 Å². The van der Waals surface area contributed by atoms with Gasteiger partial charge in [0.1, 0.15) is 77.8 Å². The highest BCUT2D eigenvalue weighted by atomic mass is 16.8. The van der Waals surface area contributed by atoms with Crippen LogP contribution in [0.15, 0.2) is 48.1 Å². The lowest BCUT2D eigenvalue weighted by Crippen LogP contribution is -2.78. The van der Waals surface area contributed by atoms with Crippen LogP contribution in [0.1, 0.15) is 138 Å². The number of fused-ring (bicyclic) bond motifs is 5. The molecular formula is C71H110O27. The number of benzene rings is 1. The van der Waals surface area contributed by atoms with Crippen molar-refractivity contribution in [3.63, 3.8) is 0 Å². The second kappa shape index (κ2) is 31.1. The van der Waals surface area contributed by atoms with Gasteiger partial charge in [-0.3, -0.25) is 0 Å². The van der Waals surface area contributed by atoms with Crippen molar-refractivity contribution in [1.29, 1.82) is 0 Å². The number of rotatable bonds is 22. The van der Waals surface area contributed by atoms with Crippen molar-refractivity contribution >= 4 is 12.0 Å².